The van der Waals surface area contributed by atoms with E-state index in [1.165, 1.54) is 19.3 Å². The van der Waals surface area contributed by atoms with E-state index in [-0.39, 0.29) is 27.0 Å². The second-order valence-electron chi connectivity index (χ2n) is 5.69. The lowest BCUT2D eigenvalue weighted by Crippen LogP contribution is -2.44. The molecule has 1 fully saturated rings. The molecule has 0 aromatic heterocycles. The van der Waals surface area contributed by atoms with Gasteiger partial charge in [-0.25, -0.2) is 4.79 Å². The third-order valence-corrected chi connectivity index (χ3v) is 5.17. The van der Waals surface area contributed by atoms with Crippen LogP contribution in [-0.2, 0) is 14.4 Å². The highest BCUT2D eigenvalue weighted by molar-refractivity contribution is 8.26. The highest BCUT2D eigenvalue weighted by Gasteiger charge is 2.40. The Balaban J connectivity index is 2.41. The lowest BCUT2D eigenvalue weighted by atomic mass is 10.1. The summed E-state index contributed by atoms with van der Waals surface area (Å²) in [5.74, 6) is -4.27. The first-order valence-electron chi connectivity index (χ1n) is 7.83. The smallest absolute Gasteiger partial charge is 0.326 e. The van der Waals surface area contributed by atoms with Crippen molar-refractivity contribution in [3.8, 4) is 11.5 Å². The van der Waals surface area contributed by atoms with Crippen molar-refractivity contribution < 1.29 is 39.4 Å². The maximum Gasteiger partial charge on any atom is 0.326 e. The molecule has 0 saturated carbocycles. The van der Waals surface area contributed by atoms with Crippen molar-refractivity contribution in [2.45, 2.75) is 18.9 Å². The number of carboxylic acids is 2. The Kier molecular flexibility index (Phi) is 6.76. The summed E-state index contributed by atoms with van der Waals surface area (Å²) in [7, 11) is 1.20. The van der Waals surface area contributed by atoms with E-state index in [1.807, 2.05) is 0 Å². The van der Waals surface area contributed by atoms with Gasteiger partial charge in [-0.2, -0.15) is 0 Å². The molecule has 1 aliphatic rings. The molecule has 0 bridgehead atoms. The van der Waals surface area contributed by atoms with Gasteiger partial charge in [0.25, 0.3) is 5.91 Å². The van der Waals surface area contributed by atoms with Crippen molar-refractivity contribution in [2.24, 2.45) is 0 Å². The number of benzene rings is 1. The second kappa shape index (κ2) is 8.87. The number of phenolic OH excluding ortho intramolecular Hbond substituents is 1. The van der Waals surface area contributed by atoms with Crippen LogP contribution in [0.3, 0.4) is 0 Å². The van der Waals surface area contributed by atoms with Crippen molar-refractivity contribution >= 4 is 57.9 Å². The molecule has 2 rings (SSSR count). The Hall–Kier alpha value is -3.19. The first kappa shape index (κ1) is 22.1. The predicted octanol–water partition coefficient (Wildman–Crippen LogP) is 1.83. The predicted molar refractivity (Wildman–Crippen MR) is 105 cm³/mol. The molecule has 11 nitrogen and oxygen atoms in total. The first-order chi connectivity index (χ1) is 13.6. The molecule has 1 aromatic rings. The van der Waals surface area contributed by atoms with E-state index in [2.05, 4.69) is 0 Å². The Bertz CT molecular complexity index is 945. The van der Waals surface area contributed by atoms with Crippen LogP contribution in [0.2, 0.25) is 0 Å². The molecule has 0 spiro atoms. The third-order valence-electron chi connectivity index (χ3n) is 3.84. The summed E-state index contributed by atoms with van der Waals surface area (Å²) in [6, 6.07) is 0.811. The zero-order valence-corrected chi connectivity index (χ0v) is 16.4. The summed E-state index contributed by atoms with van der Waals surface area (Å²) < 4.78 is 4.81. The quantitative estimate of drug-likeness (QED) is 0.232. The zero-order chi connectivity index (χ0) is 21.9. The molecule has 154 valence electrons. The standard InChI is InChI=1S/C16H14N2O9S2/c1-27-10-5-7(4-9(13(10)21)18(25)26)6-11-14(22)17(16(28)29-11)8(15(23)24)2-3-12(19)20/h4-6,8,21H,2-3H2,1H3,(H,19,20)(H,23,24)/b11-6-. The van der Waals surface area contributed by atoms with Crippen molar-refractivity contribution in [3.63, 3.8) is 0 Å². The fourth-order valence-electron chi connectivity index (χ4n) is 2.52. The number of nitrogens with zero attached hydrogens (tertiary/aromatic N) is 2. The average molecular weight is 442 g/mol. The van der Waals surface area contributed by atoms with Gasteiger partial charge in [0.15, 0.2) is 5.75 Å². The van der Waals surface area contributed by atoms with Crippen molar-refractivity contribution in [3.05, 3.63) is 32.7 Å². The minimum Gasteiger partial charge on any atom is -0.500 e. The van der Waals surface area contributed by atoms with Crippen molar-refractivity contribution in [2.75, 3.05) is 7.11 Å². The number of thiocarbonyl (C=S) groups is 1. The molecule has 1 unspecified atom stereocenters. The Morgan fingerprint density at radius 3 is 2.59 bits per heavy atom. The number of carbonyl (C=O) groups excluding carboxylic acids is 1. The molecule has 29 heavy (non-hydrogen) atoms. The number of ether oxygens (including phenoxy) is 1. The second-order valence-corrected chi connectivity index (χ2v) is 7.36. The van der Waals surface area contributed by atoms with Crippen LogP contribution in [0, 0.1) is 10.1 Å². The highest BCUT2D eigenvalue weighted by Crippen LogP contribution is 2.40. The van der Waals surface area contributed by atoms with Crippen LogP contribution in [-0.4, -0.2) is 60.5 Å². The van der Waals surface area contributed by atoms with E-state index in [0.29, 0.717) is 0 Å². The molecule has 1 atom stereocenters. The van der Waals surface area contributed by atoms with Gasteiger partial charge < -0.3 is 20.1 Å². The number of rotatable bonds is 8. The van der Waals surface area contributed by atoms with Gasteiger partial charge in [0.05, 0.1) is 16.9 Å². The van der Waals surface area contributed by atoms with Crippen molar-refractivity contribution in [1.29, 1.82) is 0 Å². The van der Waals surface area contributed by atoms with Crippen LogP contribution in [0.15, 0.2) is 17.0 Å². The number of hydrogen-bond donors (Lipinski definition) is 3. The highest BCUT2D eigenvalue weighted by atomic mass is 32.2. The third kappa shape index (κ3) is 4.81. The van der Waals surface area contributed by atoms with Crippen molar-refractivity contribution in [1.82, 2.24) is 4.90 Å². The molecule has 1 heterocycles. The number of aliphatic carboxylic acids is 2. The molecule has 0 radical (unpaired) electrons. The molecular weight excluding hydrogens is 428 g/mol. The van der Waals surface area contributed by atoms with Gasteiger partial charge in [0, 0.05) is 12.5 Å². The van der Waals surface area contributed by atoms with Crippen LogP contribution in [0.5, 0.6) is 11.5 Å². The number of nitro benzene ring substituents is 1. The van der Waals surface area contributed by atoms with Gasteiger partial charge in [-0.05, 0) is 24.1 Å². The van der Waals surface area contributed by atoms with Crippen LogP contribution >= 0.6 is 24.0 Å². The summed E-state index contributed by atoms with van der Waals surface area (Å²) in [5.41, 5.74) is -0.500. The number of amides is 1. The summed E-state index contributed by atoms with van der Waals surface area (Å²) >= 11 is 5.84. The normalized spacial score (nSPS) is 16.2. The number of phenols is 1. The van der Waals surface area contributed by atoms with E-state index in [9.17, 15) is 34.7 Å². The molecule has 1 amide bonds. The average Bonchev–Trinajstić information content (AvgIpc) is 2.90. The zero-order valence-electron chi connectivity index (χ0n) is 14.7. The number of aromatic hydroxyl groups is 1. The fraction of sp³-hybridized carbons (Fsp3) is 0.250. The summed E-state index contributed by atoms with van der Waals surface area (Å²) in [5, 5.41) is 39.0. The Morgan fingerprint density at radius 1 is 1.41 bits per heavy atom. The van der Waals surface area contributed by atoms with Gasteiger partial charge in [0.1, 0.15) is 10.4 Å². The molecule has 0 aliphatic carbocycles. The lowest BCUT2D eigenvalue weighted by Gasteiger charge is -2.22. The summed E-state index contributed by atoms with van der Waals surface area (Å²) in [4.78, 5) is 46.0. The molecule has 13 heteroatoms. The van der Waals surface area contributed by atoms with Gasteiger partial charge in [-0.1, -0.05) is 24.0 Å². The molecule has 3 N–H and O–H groups in total. The number of methoxy groups -OCH3 is 1. The molecule has 1 aliphatic heterocycles. The maximum absolute atomic E-state index is 12.7. The van der Waals surface area contributed by atoms with Crippen LogP contribution < -0.4 is 4.74 Å². The SMILES string of the molecule is COc1cc(/C=C2\SC(=S)N(C(CCC(=O)O)C(=O)O)C2=O)cc([N+](=O)[O-])c1O. The number of hydrogen-bond acceptors (Lipinski definition) is 9. The van der Waals surface area contributed by atoms with Gasteiger partial charge in [-0.15, -0.1) is 0 Å². The Morgan fingerprint density at radius 2 is 2.07 bits per heavy atom. The van der Waals surface area contributed by atoms with E-state index >= 15 is 0 Å². The van der Waals surface area contributed by atoms with E-state index < -0.39 is 46.7 Å². The largest absolute Gasteiger partial charge is 0.500 e. The van der Waals surface area contributed by atoms with Gasteiger partial charge in [-0.3, -0.25) is 24.6 Å². The van der Waals surface area contributed by atoms with Crippen LogP contribution in [0.4, 0.5) is 5.69 Å². The lowest BCUT2D eigenvalue weighted by molar-refractivity contribution is -0.386. The number of carboxylic acid groups (broad SMARTS) is 2. The minimum atomic E-state index is -1.46. The molecule has 1 saturated heterocycles. The van der Waals surface area contributed by atoms with Crippen LogP contribution in [0.1, 0.15) is 18.4 Å². The number of nitro groups is 1. The number of thioether (sulfide) groups is 1. The summed E-state index contributed by atoms with van der Waals surface area (Å²) in [6.45, 7) is 0. The minimum absolute atomic E-state index is 0.0152. The van der Waals surface area contributed by atoms with Gasteiger partial charge >= 0.3 is 17.6 Å². The summed E-state index contributed by atoms with van der Waals surface area (Å²) in [6.07, 6.45) is 0.418. The molecule has 1 aromatic carbocycles. The Labute approximate surface area is 172 Å². The monoisotopic (exact) mass is 442 g/mol. The van der Waals surface area contributed by atoms with E-state index in [0.717, 1.165) is 22.7 Å². The first-order valence-corrected chi connectivity index (χ1v) is 9.06. The topological polar surface area (TPSA) is 168 Å². The van der Waals surface area contributed by atoms with E-state index in [1.54, 1.807) is 0 Å². The number of carbonyl (C=O) groups is 3. The maximum atomic E-state index is 12.7. The van der Waals surface area contributed by atoms with E-state index in [4.69, 9.17) is 22.1 Å². The van der Waals surface area contributed by atoms with Crippen LogP contribution in [0.25, 0.3) is 6.08 Å². The van der Waals surface area contributed by atoms with Gasteiger partial charge in [0.2, 0.25) is 5.75 Å². The fourth-order valence-corrected chi connectivity index (χ4v) is 3.87. The molecular formula is C16H14N2O9S2.